The van der Waals surface area contributed by atoms with E-state index in [0.717, 1.165) is 13.0 Å². The molecule has 0 bridgehead atoms. The maximum Gasteiger partial charge on any atom is 0.109 e. The van der Waals surface area contributed by atoms with Crippen LogP contribution < -0.4 is 0 Å². The topological polar surface area (TPSA) is 27.7 Å². The molecule has 0 saturated carbocycles. The molecule has 0 amide bonds. The Hall–Kier alpha value is 0.610. The molecule has 4 heteroatoms. The Bertz CT molecular complexity index is 70.7. The van der Waals surface area contributed by atoms with Gasteiger partial charge in [0.1, 0.15) is 23.0 Å². The van der Waals surface area contributed by atoms with Crippen molar-refractivity contribution in [1.29, 1.82) is 0 Å². The van der Waals surface area contributed by atoms with Crippen LogP contribution in [0.1, 0.15) is 19.8 Å². The van der Waals surface area contributed by atoms with Crippen LogP contribution in [0.4, 0.5) is 0 Å². The first-order valence-corrected chi connectivity index (χ1v) is 5.19. The zero-order valence-electron chi connectivity index (χ0n) is 7.55. The lowest BCUT2D eigenvalue weighted by molar-refractivity contribution is 0.0398. The van der Waals surface area contributed by atoms with Crippen molar-refractivity contribution in [3.05, 3.63) is 0 Å². The highest BCUT2D eigenvalue weighted by molar-refractivity contribution is 14.1. The predicted octanol–water partition coefficient (Wildman–Crippen LogP) is 2.19. The van der Waals surface area contributed by atoms with Crippen molar-refractivity contribution in [3.63, 3.8) is 0 Å². The standard InChI is InChI=1S/C8H17IO3/c1-2-3-4-10-5-6-11-7-8-12-9/h2-8H2,1H3. The van der Waals surface area contributed by atoms with Gasteiger partial charge in [0.2, 0.25) is 0 Å². The molecule has 0 aromatic carbocycles. The summed E-state index contributed by atoms with van der Waals surface area (Å²) in [6.45, 7) is 5.67. The molecule has 0 aliphatic carbocycles. The van der Waals surface area contributed by atoms with Gasteiger partial charge in [-0.25, -0.2) is 0 Å². The molecule has 0 heterocycles. The quantitative estimate of drug-likeness (QED) is 0.481. The van der Waals surface area contributed by atoms with Crippen molar-refractivity contribution in [2.75, 3.05) is 33.0 Å². The van der Waals surface area contributed by atoms with Gasteiger partial charge >= 0.3 is 0 Å². The highest BCUT2D eigenvalue weighted by Gasteiger charge is 1.89. The summed E-state index contributed by atoms with van der Waals surface area (Å²) in [6.07, 6.45) is 2.32. The van der Waals surface area contributed by atoms with Crippen molar-refractivity contribution in [3.8, 4) is 0 Å². The first-order chi connectivity index (χ1) is 5.91. The molecule has 0 N–H and O–H groups in total. The molecular formula is C8H17IO3. The van der Waals surface area contributed by atoms with E-state index in [1.54, 1.807) is 0 Å². The van der Waals surface area contributed by atoms with Crippen LogP contribution in [0.3, 0.4) is 0 Å². The third-order valence-electron chi connectivity index (χ3n) is 1.32. The molecule has 0 saturated heterocycles. The fourth-order valence-electron chi connectivity index (χ4n) is 0.659. The zero-order valence-corrected chi connectivity index (χ0v) is 9.71. The van der Waals surface area contributed by atoms with Gasteiger partial charge in [0, 0.05) is 6.61 Å². The fraction of sp³-hybridized carbons (Fsp3) is 1.00. The van der Waals surface area contributed by atoms with Crippen LogP contribution in [0, 0.1) is 0 Å². The summed E-state index contributed by atoms with van der Waals surface area (Å²) in [4.78, 5) is 0. The zero-order chi connectivity index (χ0) is 9.07. The first kappa shape index (κ1) is 12.6. The predicted molar refractivity (Wildman–Crippen MR) is 56.5 cm³/mol. The van der Waals surface area contributed by atoms with Crippen molar-refractivity contribution < 1.29 is 12.5 Å². The number of hydrogen-bond acceptors (Lipinski definition) is 3. The Kier molecular flexibility index (Phi) is 12.2. The van der Waals surface area contributed by atoms with E-state index < -0.39 is 0 Å². The second-order valence-electron chi connectivity index (χ2n) is 2.39. The third kappa shape index (κ3) is 10.6. The lowest BCUT2D eigenvalue weighted by Crippen LogP contribution is -2.07. The van der Waals surface area contributed by atoms with Gasteiger partial charge in [0.15, 0.2) is 0 Å². The van der Waals surface area contributed by atoms with E-state index in [0.29, 0.717) is 26.4 Å². The van der Waals surface area contributed by atoms with Gasteiger partial charge in [-0.05, 0) is 6.42 Å². The van der Waals surface area contributed by atoms with Gasteiger partial charge < -0.3 is 12.5 Å². The molecular weight excluding hydrogens is 271 g/mol. The maximum atomic E-state index is 5.29. The highest BCUT2D eigenvalue weighted by Crippen LogP contribution is 1.88. The number of ether oxygens (including phenoxy) is 2. The van der Waals surface area contributed by atoms with E-state index in [1.807, 2.05) is 23.0 Å². The summed E-state index contributed by atoms with van der Waals surface area (Å²) in [6, 6.07) is 0. The minimum Gasteiger partial charge on any atom is -0.379 e. The van der Waals surface area contributed by atoms with Gasteiger partial charge in [-0.15, -0.1) is 0 Å². The number of rotatable bonds is 9. The lowest BCUT2D eigenvalue weighted by atomic mass is 10.4. The Morgan fingerprint density at radius 2 is 1.50 bits per heavy atom. The third-order valence-corrected chi connectivity index (χ3v) is 1.76. The van der Waals surface area contributed by atoms with Crippen molar-refractivity contribution >= 4 is 23.0 Å². The molecule has 0 aliphatic rings. The van der Waals surface area contributed by atoms with Gasteiger partial charge in [-0.1, -0.05) is 13.3 Å². The molecule has 12 heavy (non-hydrogen) atoms. The van der Waals surface area contributed by atoms with Crippen molar-refractivity contribution in [1.82, 2.24) is 0 Å². The van der Waals surface area contributed by atoms with Crippen LogP contribution in [0.2, 0.25) is 0 Å². The van der Waals surface area contributed by atoms with Gasteiger partial charge in [-0.3, -0.25) is 0 Å². The van der Waals surface area contributed by atoms with E-state index in [1.165, 1.54) is 6.42 Å². The number of hydrogen-bond donors (Lipinski definition) is 0. The summed E-state index contributed by atoms with van der Waals surface area (Å²) in [7, 11) is 0. The van der Waals surface area contributed by atoms with Crippen LogP contribution in [0.5, 0.6) is 0 Å². The monoisotopic (exact) mass is 288 g/mol. The van der Waals surface area contributed by atoms with Crippen molar-refractivity contribution in [2.24, 2.45) is 0 Å². The van der Waals surface area contributed by atoms with Crippen LogP contribution in [0.15, 0.2) is 0 Å². The molecule has 74 valence electrons. The second-order valence-corrected chi connectivity index (χ2v) is 3.01. The van der Waals surface area contributed by atoms with Gasteiger partial charge in [0.05, 0.1) is 26.4 Å². The van der Waals surface area contributed by atoms with Crippen LogP contribution in [-0.2, 0) is 12.5 Å². The molecule has 0 unspecified atom stereocenters. The highest BCUT2D eigenvalue weighted by atomic mass is 127. The Labute approximate surface area is 88.4 Å². The molecule has 0 aliphatic heterocycles. The van der Waals surface area contributed by atoms with Crippen LogP contribution >= 0.6 is 23.0 Å². The Morgan fingerprint density at radius 3 is 2.08 bits per heavy atom. The Balaban J connectivity index is 2.73. The van der Waals surface area contributed by atoms with E-state index in [4.69, 9.17) is 12.5 Å². The summed E-state index contributed by atoms with van der Waals surface area (Å²) in [5.41, 5.74) is 0. The van der Waals surface area contributed by atoms with E-state index in [9.17, 15) is 0 Å². The summed E-state index contributed by atoms with van der Waals surface area (Å²) < 4.78 is 15.3. The molecule has 0 radical (unpaired) electrons. The first-order valence-electron chi connectivity index (χ1n) is 4.30. The Morgan fingerprint density at radius 1 is 0.917 bits per heavy atom. The molecule has 0 rings (SSSR count). The van der Waals surface area contributed by atoms with Gasteiger partial charge in [-0.2, -0.15) is 0 Å². The van der Waals surface area contributed by atoms with Crippen LogP contribution in [0.25, 0.3) is 0 Å². The number of halogens is 1. The lowest BCUT2D eigenvalue weighted by Gasteiger charge is -2.03. The number of unbranched alkanes of at least 4 members (excludes halogenated alkanes) is 1. The SMILES string of the molecule is CCCCOCCOCCOI. The molecule has 0 spiro atoms. The summed E-state index contributed by atoms with van der Waals surface area (Å²) in [5, 5.41) is 0. The summed E-state index contributed by atoms with van der Waals surface area (Å²) >= 11 is 1.86. The average molecular weight is 288 g/mol. The minimum absolute atomic E-state index is 0.648. The molecule has 0 fully saturated rings. The van der Waals surface area contributed by atoms with E-state index >= 15 is 0 Å². The normalized spacial score (nSPS) is 10.5. The van der Waals surface area contributed by atoms with Crippen LogP contribution in [-0.4, -0.2) is 33.0 Å². The molecule has 0 atom stereocenters. The minimum atomic E-state index is 0.648. The average Bonchev–Trinajstić information content (AvgIpc) is 2.10. The fourth-order valence-corrected chi connectivity index (χ4v) is 0.839. The second kappa shape index (κ2) is 11.6. The molecule has 0 aromatic heterocycles. The van der Waals surface area contributed by atoms with Crippen molar-refractivity contribution in [2.45, 2.75) is 19.8 Å². The maximum absolute atomic E-state index is 5.29. The largest absolute Gasteiger partial charge is 0.379 e. The summed E-state index contributed by atoms with van der Waals surface area (Å²) in [5.74, 6) is 0. The molecule has 3 nitrogen and oxygen atoms in total. The van der Waals surface area contributed by atoms with E-state index in [-0.39, 0.29) is 0 Å². The van der Waals surface area contributed by atoms with E-state index in [2.05, 4.69) is 6.92 Å². The molecule has 0 aromatic rings. The smallest absolute Gasteiger partial charge is 0.109 e. The van der Waals surface area contributed by atoms with Gasteiger partial charge in [0.25, 0.3) is 0 Å².